The maximum Gasteiger partial charge on any atom is 0.337 e. The number of aromatic carboxylic acids is 1. The lowest BCUT2D eigenvalue weighted by Crippen LogP contribution is -2.08. The number of rotatable bonds is 2. The number of carboxylic acid groups (broad SMARTS) is 1. The number of benzene rings is 1. The van der Waals surface area contributed by atoms with Gasteiger partial charge < -0.3 is 9.84 Å². The minimum Gasteiger partial charge on any atom is -0.493 e. The van der Waals surface area contributed by atoms with Crippen molar-refractivity contribution in [1.29, 1.82) is 0 Å². The number of aryl methyl sites for hydroxylation is 2. The maximum absolute atomic E-state index is 11.3. The Bertz CT molecular complexity index is 643. The van der Waals surface area contributed by atoms with Crippen LogP contribution < -0.4 is 4.74 Å². The first-order chi connectivity index (χ1) is 9.16. The largest absolute Gasteiger partial charge is 0.493 e. The molecule has 3 rings (SSSR count). The SMILES string of the molecule is Cc1scc(C(=O)O)c1-c1ccc2c(c1)CCCO2. The van der Waals surface area contributed by atoms with E-state index in [1.165, 1.54) is 16.9 Å². The number of thiophene rings is 1. The lowest BCUT2D eigenvalue weighted by Gasteiger charge is -2.18. The highest BCUT2D eigenvalue weighted by atomic mass is 32.1. The molecule has 2 aromatic rings. The van der Waals surface area contributed by atoms with Gasteiger partial charge in [0.1, 0.15) is 5.75 Å². The van der Waals surface area contributed by atoms with E-state index in [1.54, 1.807) is 5.38 Å². The van der Waals surface area contributed by atoms with Crippen LogP contribution in [0.2, 0.25) is 0 Å². The number of carboxylic acids is 1. The molecule has 1 aromatic heterocycles. The van der Waals surface area contributed by atoms with Gasteiger partial charge in [0.25, 0.3) is 0 Å². The fraction of sp³-hybridized carbons (Fsp3) is 0.267. The van der Waals surface area contributed by atoms with E-state index in [0.717, 1.165) is 41.2 Å². The van der Waals surface area contributed by atoms with E-state index in [1.807, 2.05) is 19.1 Å². The summed E-state index contributed by atoms with van der Waals surface area (Å²) < 4.78 is 5.59. The van der Waals surface area contributed by atoms with Crippen molar-refractivity contribution in [3.63, 3.8) is 0 Å². The monoisotopic (exact) mass is 274 g/mol. The Morgan fingerprint density at radius 3 is 3.05 bits per heavy atom. The molecule has 0 amide bonds. The summed E-state index contributed by atoms with van der Waals surface area (Å²) in [6.07, 6.45) is 2.01. The van der Waals surface area contributed by atoms with Crippen LogP contribution in [0.1, 0.15) is 27.2 Å². The lowest BCUT2D eigenvalue weighted by atomic mass is 9.97. The normalized spacial score (nSPS) is 13.7. The molecule has 19 heavy (non-hydrogen) atoms. The van der Waals surface area contributed by atoms with Gasteiger partial charge in [-0.15, -0.1) is 11.3 Å². The van der Waals surface area contributed by atoms with Crippen LogP contribution in [-0.4, -0.2) is 17.7 Å². The first kappa shape index (κ1) is 12.2. The molecule has 4 heteroatoms. The van der Waals surface area contributed by atoms with Gasteiger partial charge in [-0.1, -0.05) is 6.07 Å². The van der Waals surface area contributed by atoms with Crippen LogP contribution in [0.15, 0.2) is 23.6 Å². The van der Waals surface area contributed by atoms with Crippen LogP contribution in [0.25, 0.3) is 11.1 Å². The molecule has 0 fully saturated rings. The number of ether oxygens (including phenoxy) is 1. The van der Waals surface area contributed by atoms with Crippen molar-refractivity contribution in [2.75, 3.05) is 6.61 Å². The molecule has 0 saturated carbocycles. The van der Waals surface area contributed by atoms with Crippen molar-refractivity contribution in [1.82, 2.24) is 0 Å². The number of hydrogen-bond donors (Lipinski definition) is 1. The van der Waals surface area contributed by atoms with Crippen molar-refractivity contribution in [2.24, 2.45) is 0 Å². The molecule has 0 radical (unpaired) electrons. The Kier molecular flexibility index (Phi) is 3.03. The lowest BCUT2D eigenvalue weighted by molar-refractivity contribution is 0.0698. The zero-order chi connectivity index (χ0) is 13.4. The first-order valence-electron chi connectivity index (χ1n) is 6.24. The minimum absolute atomic E-state index is 0.388. The summed E-state index contributed by atoms with van der Waals surface area (Å²) in [6, 6.07) is 5.97. The van der Waals surface area contributed by atoms with Gasteiger partial charge in [0.05, 0.1) is 12.2 Å². The van der Waals surface area contributed by atoms with Crippen LogP contribution in [0.3, 0.4) is 0 Å². The van der Waals surface area contributed by atoms with Gasteiger partial charge in [0.15, 0.2) is 0 Å². The van der Waals surface area contributed by atoms with E-state index in [9.17, 15) is 9.90 Å². The molecule has 3 nitrogen and oxygen atoms in total. The maximum atomic E-state index is 11.3. The zero-order valence-electron chi connectivity index (χ0n) is 10.6. The Morgan fingerprint density at radius 1 is 1.42 bits per heavy atom. The molecule has 0 bridgehead atoms. The van der Waals surface area contributed by atoms with Gasteiger partial charge in [0, 0.05) is 15.8 Å². The summed E-state index contributed by atoms with van der Waals surface area (Å²) in [5, 5.41) is 11.0. The van der Waals surface area contributed by atoms with E-state index < -0.39 is 5.97 Å². The number of hydrogen-bond acceptors (Lipinski definition) is 3. The Balaban J connectivity index is 2.12. The highest BCUT2D eigenvalue weighted by molar-refractivity contribution is 7.10. The van der Waals surface area contributed by atoms with E-state index in [2.05, 4.69) is 6.07 Å². The van der Waals surface area contributed by atoms with Gasteiger partial charge in [-0.2, -0.15) is 0 Å². The van der Waals surface area contributed by atoms with Gasteiger partial charge in [-0.25, -0.2) is 4.79 Å². The average Bonchev–Trinajstić information content (AvgIpc) is 2.80. The topological polar surface area (TPSA) is 46.5 Å². The van der Waals surface area contributed by atoms with Gasteiger partial charge in [0.2, 0.25) is 0 Å². The first-order valence-corrected chi connectivity index (χ1v) is 7.12. The molecule has 2 heterocycles. The second-order valence-corrected chi connectivity index (χ2v) is 5.74. The van der Waals surface area contributed by atoms with Crippen molar-refractivity contribution in [3.8, 4) is 16.9 Å². The molecule has 1 aromatic carbocycles. The second-order valence-electron chi connectivity index (χ2n) is 4.66. The number of fused-ring (bicyclic) bond motifs is 1. The molecule has 0 atom stereocenters. The van der Waals surface area contributed by atoms with Crippen molar-refractivity contribution in [3.05, 3.63) is 39.6 Å². The standard InChI is InChI=1S/C15H14O3S/c1-9-14(12(8-19-9)15(16)17)11-4-5-13-10(7-11)3-2-6-18-13/h4-5,7-8H,2-3,6H2,1H3,(H,16,17). The summed E-state index contributed by atoms with van der Waals surface area (Å²) in [5.74, 6) is 0.0630. The van der Waals surface area contributed by atoms with E-state index in [0.29, 0.717) is 5.56 Å². The highest BCUT2D eigenvalue weighted by Crippen LogP contribution is 2.36. The molecule has 0 saturated heterocycles. The third-order valence-corrected chi connectivity index (χ3v) is 4.31. The van der Waals surface area contributed by atoms with Gasteiger partial charge in [-0.05, 0) is 43.0 Å². The van der Waals surface area contributed by atoms with E-state index >= 15 is 0 Å². The van der Waals surface area contributed by atoms with Crippen LogP contribution in [0, 0.1) is 6.92 Å². The molecule has 0 aliphatic carbocycles. The minimum atomic E-state index is -0.867. The Labute approximate surface area is 115 Å². The molecule has 0 unspecified atom stereocenters. The predicted octanol–water partition coefficient (Wildman–Crippen LogP) is 3.75. The summed E-state index contributed by atoms with van der Waals surface area (Å²) in [7, 11) is 0. The third-order valence-electron chi connectivity index (χ3n) is 3.40. The molecular formula is C15H14O3S. The van der Waals surface area contributed by atoms with Gasteiger partial charge in [-0.3, -0.25) is 0 Å². The highest BCUT2D eigenvalue weighted by Gasteiger charge is 2.18. The fourth-order valence-corrected chi connectivity index (χ4v) is 3.35. The van der Waals surface area contributed by atoms with Crippen molar-refractivity contribution in [2.45, 2.75) is 19.8 Å². The van der Waals surface area contributed by atoms with Crippen LogP contribution in [0.4, 0.5) is 0 Å². The van der Waals surface area contributed by atoms with Crippen LogP contribution >= 0.6 is 11.3 Å². The van der Waals surface area contributed by atoms with Gasteiger partial charge >= 0.3 is 5.97 Å². The summed E-state index contributed by atoms with van der Waals surface area (Å²) in [6.45, 7) is 2.73. The summed E-state index contributed by atoms with van der Waals surface area (Å²) in [5.41, 5.74) is 3.37. The smallest absolute Gasteiger partial charge is 0.337 e. The summed E-state index contributed by atoms with van der Waals surface area (Å²) >= 11 is 1.48. The molecule has 98 valence electrons. The van der Waals surface area contributed by atoms with Crippen LogP contribution in [-0.2, 0) is 6.42 Å². The third kappa shape index (κ3) is 2.12. The molecule has 0 spiro atoms. The molecular weight excluding hydrogens is 260 g/mol. The molecule has 1 N–H and O–H groups in total. The number of carbonyl (C=O) groups is 1. The quantitative estimate of drug-likeness (QED) is 0.907. The zero-order valence-corrected chi connectivity index (χ0v) is 11.4. The second kappa shape index (κ2) is 4.70. The Hall–Kier alpha value is -1.81. The summed E-state index contributed by atoms with van der Waals surface area (Å²) in [4.78, 5) is 12.3. The van der Waals surface area contributed by atoms with Crippen molar-refractivity contribution < 1.29 is 14.6 Å². The fourth-order valence-electron chi connectivity index (χ4n) is 2.49. The Morgan fingerprint density at radius 2 is 2.26 bits per heavy atom. The van der Waals surface area contributed by atoms with Crippen molar-refractivity contribution >= 4 is 17.3 Å². The van der Waals surface area contributed by atoms with E-state index in [-0.39, 0.29) is 0 Å². The molecule has 1 aliphatic heterocycles. The van der Waals surface area contributed by atoms with E-state index in [4.69, 9.17) is 4.74 Å². The average molecular weight is 274 g/mol. The van der Waals surface area contributed by atoms with Crippen LogP contribution in [0.5, 0.6) is 5.75 Å². The predicted molar refractivity (Wildman–Crippen MR) is 75.3 cm³/mol. The molecule has 1 aliphatic rings.